The molecule has 0 saturated carbocycles. The van der Waals surface area contributed by atoms with Gasteiger partial charge in [-0.1, -0.05) is 24.3 Å². The van der Waals surface area contributed by atoms with Gasteiger partial charge in [0.05, 0.1) is 11.0 Å². The molecule has 3 rings (SSSR count). The molecule has 8 heteroatoms. The zero-order valence-corrected chi connectivity index (χ0v) is 17.9. The van der Waals surface area contributed by atoms with Crippen molar-refractivity contribution >= 4 is 33.6 Å². The monoisotopic (exact) mass is 408 g/mol. The number of likely N-dealkylation sites (N-methyl/N-ethyl adjacent to an activating group) is 4. The Kier molecular flexibility index (Phi) is 6.91. The summed E-state index contributed by atoms with van der Waals surface area (Å²) in [5.74, 6) is -0.300. The van der Waals surface area contributed by atoms with E-state index in [-0.39, 0.29) is 11.8 Å². The maximum absolute atomic E-state index is 12.7. The summed E-state index contributed by atoms with van der Waals surface area (Å²) in [6.45, 7) is 2.57. The fourth-order valence-corrected chi connectivity index (χ4v) is 3.16. The maximum Gasteiger partial charge on any atom is 0.272 e. The van der Waals surface area contributed by atoms with E-state index in [2.05, 4.69) is 20.6 Å². The first-order valence-corrected chi connectivity index (χ1v) is 9.97. The van der Waals surface area contributed by atoms with Crippen molar-refractivity contribution < 1.29 is 9.59 Å². The number of benzene rings is 1. The molecule has 8 nitrogen and oxygen atoms in total. The quantitative estimate of drug-likeness (QED) is 0.547. The Morgan fingerprint density at radius 2 is 1.10 bits per heavy atom. The van der Waals surface area contributed by atoms with Crippen LogP contribution in [0.3, 0.4) is 0 Å². The number of nitrogens with zero attached hydrogens (tertiary/aromatic N) is 4. The van der Waals surface area contributed by atoms with Crippen LogP contribution in [0.5, 0.6) is 0 Å². The number of hydrogen-bond donors (Lipinski definition) is 2. The second-order valence-corrected chi connectivity index (χ2v) is 7.26. The molecule has 0 saturated heterocycles. The highest BCUT2D eigenvalue weighted by atomic mass is 16.2. The summed E-state index contributed by atoms with van der Waals surface area (Å²) in [5, 5.41) is 7.81. The van der Waals surface area contributed by atoms with Gasteiger partial charge in [0.25, 0.3) is 11.8 Å². The summed E-state index contributed by atoms with van der Waals surface area (Å²) in [6.07, 6.45) is 0. The number of amides is 2. The molecule has 1 aromatic carbocycles. The van der Waals surface area contributed by atoms with Crippen molar-refractivity contribution in [2.45, 2.75) is 0 Å². The highest BCUT2D eigenvalue weighted by molar-refractivity contribution is 6.06. The lowest BCUT2D eigenvalue weighted by Crippen LogP contribution is -2.33. The summed E-state index contributed by atoms with van der Waals surface area (Å²) in [5.41, 5.74) is 1.96. The molecule has 158 valence electrons. The first-order valence-electron chi connectivity index (χ1n) is 9.97. The van der Waals surface area contributed by atoms with Crippen molar-refractivity contribution in [2.24, 2.45) is 0 Å². The normalized spacial score (nSPS) is 11.1. The Bertz CT molecular complexity index is 983. The van der Waals surface area contributed by atoms with Crippen molar-refractivity contribution in [1.82, 2.24) is 30.4 Å². The van der Waals surface area contributed by atoms with Crippen molar-refractivity contribution in [3.8, 4) is 0 Å². The van der Waals surface area contributed by atoms with E-state index in [9.17, 15) is 9.59 Å². The SMILES string of the molecule is CNCCN(C)C(=O)c1ccc2ccc3ccc(C(=O)N(C)CCNC)nc3c2n1. The molecule has 3 aromatic rings. The summed E-state index contributed by atoms with van der Waals surface area (Å²) in [6, 6.07) is 11.1. The van der Waals surface area contributed by atoms with E-state index in [4.69, 9.17) is 0 Å². The first-order chi connectivity index (χ1) is 14.5. The highest BCUT2D eigenvalue weighted by Crippen LogP contribution is 2.23. The fraction of sp³-hybridized carbons (Fsp3) is 0.364. The predicted molar refractivity (Wildman–Crippen MR) is 119 cm³/mol. The van der Waals surface area contributed by atoms with Crippen molar-refractivity contribution in [3.05, 3.63) is 47.8 Å². The van der Waals surface area contributed by atoms with Gasteiger partial charge in [0.15, 0.2) is 0 Å². The van der Waals surface area contributed by atoms with Gasteiger partial charge in [0, 0.05) is 51.0 Å². The molecule has 0 fully saturated rings. The minimum absolute atomic E-state index is 0.150. The molecule has 2 aromatic heterocycles. The first kappa shape index (κ1) is 21.6. The van der Waals surface area contributed by atoms with Crippen LogP contribution in [0, 0.1) is 0 Å². The van der Waals surface area contributed by atoms with Crippen LogP contribution in [0.25, 0.3) is 21.8 Å². The topological polar surface area (TPSA) is 90.5 Å². The van der Waals surface area contributed by atoms with Gasteiger partial charge in [-0.3, -0.25) is 9.59 Å². The van der Waals surface area contributed by atoms with E-state index >= 15 is 0 Å². The van der Waals surface area contributed by atoms with Crippen LogP contribution >= 0.6 is 0 Å². The molecule has 2 amide bonds. The Morgan fingerprint density at radius 3 is 1.47 bits per heavy atom. The molecule has 2 N–H and O–H groups in total. The van der Waals surface area contributed by atoms with Crippen LogP contribution in [0.2, 0.25) is 0 Å². The molecule has 0 radical (unpaired) electrons. The molecule has 0 spiro atoms. The number of fused-ring (bicyclic) bond motifs is 3. The summed E-state index contributed by atoms with van der Waals surface area (Å²) in [4.78, 5) is 38.0. The molecule has 2 heterocycles. The number of rotatable bonds is 8. The van der Waals surface area contributed by atoms with Crippen LogP contribution in [0.4, 0.5) is 0 Å². The molecule has 0 aliphatic rings. The van der Waals surface area contributed by atoms with E-state index in [0.717, 1.165) is 10.8 Å². The third-order valence-corrected chi connectivity index (χ3v) is 5.05. The molecular formula is C22H28N6O2. The second-order valence-electron chi connectivity index (χ2n) is 7.26. The summed E-state index contributed by atoms with van der Waals surface area (Å²) < 4.78 is 0. The zero-order chi connectivity index (χ0) is 21.7. The van der Waals surface area contributed by atoms with Gasteiger partial charge in [-0.25, -0.2) is 9.97 Å². The number of pyridine rings is 2. The van der Waals surface area contributed by atoms with Gasteiger partial charge in [-0.05, 0) is 26.2 Å². The van der Waals surface area contributed by atoms with E-state index < -0.39 is 0 Å². The Morgan fingerprint density at radius 1 is 0.733 bits per heavy atom. The number of carbonyl (C=O) groups excluding carboxylic acids is 2. The van der Waals surface area contributed by atoms with Gasteiger partial charge in [-0.15, -0.1) is 0 Å². The molecular weight excluding hydrogens is 380 g/mol. The Balaban J connectivity index is 2.01. The molecule has 0 bridgehead atoms. The number of aromatic nitrogens is 2. The third kappa shape index (κ3) is 4.55. The van der Waals surface area contributed by atoms with Gasteiger partial charge in [-0.2, -0.15) is 0 Å². The fourth-order valence-electron chi connectivity index (χ4n) is 3.16. The van der Waals surface area contributed by atoms with Crippen molar-refractivity contribution in [2.75, 3.05) is 54.4 Å². The molecule has 0 aliphatic carbocycles. The molecule has 0 aliphatic heterocycles. The lowest BCUT2D eigenvalue weighted by Gasteiger charge is -2.17. The maximum atomic E-state index is 12.7. The number of carbonyl (C=O) groups is 2. The zero-order valence-electron chi connectivity index (χ0n) is 17.9. The van der Waals surface area contributed by atoms with Crippen LogP contribution in [0.15, 0.2) is 36.4 Å². The summed E-state index contributed by atoms with van der Waals surface area (Å²) >= 11 is 0. The van der Waals surface area contributed by atoms with Crippen LogP contribution in [-0.4, -0.2) is 86.0 Å². The smallest absolute Gasteiger partial charge is 0.272 e. The van der Waals surface area contributed by atoms with Crippen LogP contribution < -0.4 is 10.6 Å². The molecule has 30 heavy (non-hydrogen) atoms. The van der Waals surface area contributed by atoms with Crippen LogP contribution in [-0.2, 0) is 0 Å². The minimum atomic E-state index is -0.150. The average Bonchev–Trinajstić information content (AvgIpc) is 2.79. The second kappa shape index (κ2) is 9.60. The highest BCUT2D eigenvalue weighted by Gasteiger charge is 2.17. The lowest BCUT2D eigenvalue weighted by molar-refractivity contribution is 0.0784. The molecule has 0 atom stereocenters. The standard InChI is InChI=1S/C22H28N6O2/c1-23-11-13-27(3)21(29)17-9-7-15-5-6-16-8-10-18(26-20(16)19(15)25-17)22(30)28(4)14-12-24-2/h5-10,23-24H,11-14H2,1-4H3. The number of hydrogen-bond acceptors (Lipinski definition) is 6. The summed E-state index contributed by atoms with van der Waals surface area (Å²) in [7, 11) is 7.20. The molecule has 0 unspecified atom stereocenters. The van der Waals surface area contributed by atoms with Crippen molar-refractivity contribution in [1.29, 1.82) is 0 Å². The van der Waals surface area contributed by atoms with Crippen LogP contribution in [0.1, 0.15) is 21.0 Å². The number of nitrogens with one attached hydrogen (secondary N) is 2. The third-order valence-electron chi connectivity index (χ3n) is 5.05. The van der Waals surface area contributed by atoms with Gasteiger partial charge >= 0.3 is 0 Å². The minimum Gasteiger partial charge on any atom is -0.339 e. The van der Waals surface area contributed by atoms with Gasteiger partial charge in [0.1, 0.15) is 11.4 Å². The van der Waals surface area contributed by atoms with E-state index in [0.29, 0.717) is 48.6 Å². The van der Waals surface area contributed by atoms with E-state index in [1.807, 2.05) is 38.4 Å². The van der Waals surface area contributed by atoms with E-state index in [1.165, 1.54) is 0 Å². The lowest BCUT2D eigenvalue weighted by atomic mass is 10.1. The van der Waals surface area contributed by atoms with Gasteiger partial charge in [0.2, 0.25) is 0 Å². The average molecular weight is 409 g/mol. The predicted octanol–water partition coefficient (Wildman–Crippen LogP) is 1.37. The van der Waals surface area contributed by atoms with Gasteiger partial charge < -0.3 is 20.4 Å². The Hall–Kier alpha value is -3.10. The van der Waals surface area contributed by atoms with E-state index in [1.54, 1.807) is 36.0 Å². The van der Waals surface area contributed by atoms with Crippen molar-refractivity contribution in [3.63, 3.8) is 0 Å². The largest absolute Gasteiger partial charge is 0.339 e. The Labute approximate surface area is 176 Å².